The summed E-state index contributed by atoms with van der Waals surface area (Å²) in [5, 5.41) is 1.02. The number of aromatic nitrogens is 3. The van der Waals surface area contributed by atoms with Crippen molar-refractivity contribution >= 4 is 23.5 Å². The van der Waals surface area contributed by atoms with Crippen molar-refractivity contribution in [1.82, 2.24) is 24.3 Å². The Kier molecular flexibility index (Phi) is 15.9. The first-order valence-corrected chi connectivity index (χ1v) is 20.8. The maximum Gasteiger partial charge on any atom is 0.162 e. The maximum atomic E-state index is 5.18. The zero-order chi connectivity index (χ0) is 39.2. The summed E-state index contributed by atoms with van der Waals surface area (Å²) in [6, 6.07) is 31.9. The second-order valence-electron chi connectivity index (χ2n) is 15.9. The van der Waals surface area contributed by atoms with Crippen LogP contribution in [-0.2, 0) is 0 Å². The van der Waals surface area contributed by atoms with Crippen molar-refractivity contribution in [2.24, 2.45) is 9.98 Å². The number of aliphatic imine (C=N–C) groups is 2. The highest BCUT2D eigenvalue weighted by Gasteiger charge is 2.16. The van der Waals surface area contributed by atoms with Gasteiger partial charge in [0.25, 0.3) is 0 Å². The summed E-state index contributed by atoms with van der Waals surface area (Å²) in [5.74, 6) is 0.703. The fraction of sp³-hybridized carbons (Fsp3) is 0.458. The van der Waals surface area contributed by atoms with E-state index in [4.69, 9.17) is 20.0 Å². The van der Waals surface area contributed by atoms with Gasteiger partial charge < -0.3 is 4.57 Å². The van der Waals surface area contributed by atoms with E-state index in [-0.39, 0.29) is 0 Å². The van der Waals surface area contributed by atoms with Gasteiger partial charge in [0.15, 0.2) is 5.82 Å². The summed E-state index contributed by atoms with van der Waals surface area (Å²) in [7, 11) is 0. The van der Waals surface area contributed by atoms with Crippen LogP contribution in [-0.4, -0.2) is 87.1 Å². The highest BCUT2D eigenvalue weighted by atomic mass is 15.2. The normalized spacial score (nSPS) is 12.5. The molecule has 0 unspecified atom stereocenters. The van der Waals surface area contributed by atoms with Gasteiger partial charge in [-0.15, -0.1) is 0 Å². The Hall–Kier alpha value is -4.46. The van der Waals surface area contributed by atoms with Crippen LogP contribution >= 0.6 is 0 Å². The van der Waals surface area contributed by atoms with Crippen LogP contribution in [0.1, 0.15) is 105 Å². The van der Waals surface area contributed by atoms with Gasteiger partial charge in [0, 0.05) is 78.1 Å². The van der Waals surface area contributed by atoms with Gasteiger partial charge in [0.1, 0.15) is 5.65 Å². The Bertz CT molecular complexity index is 1900. The topological polar surface area (TPSA) is 61.9 Å². The molecule has 0 aliphatic heterocycles. The third-order valence-electron chi connectivity index (χ3n) is 10.5. The molecule has 55 heavy (non-hydrogen) atoms. The molecule has 0 aliphatic carbocycles. The number of hydrogen-bond donors (Lipinski definition) is 0. The van der Waals surface area contributed by atoms with Crippen molar-refractivity contribution in [3.63, 3.8) is 0 Å². The van der Waals surface area contributed by atoms with Crippen LogP contribution < -0.4 is 0 Å². The number of fused-ring (bicyclic) bond motifs is 1. The SMILES string of the molecule is CC(C)N(CCCCCN=Cc1ccc(-c2nc(-c3ccc(C=NCCCCCN(C(C)C)C(C)C)cc3)c3ccn(-c4ccccc4)c3n2)cc1)C(C)C. The van der Waals surface area contributed by atoms with Crippen molar-refractivity contribution in [3.05, 3.63) is 102 Å². The number of benzene rings is 3. The molecule has 0 bridgehead atoms. The predicted molar refractivity (Wildman–Crippen MR) is 236 cm³/mol. The summed E-state index contributed by atoms with van der Waals surface area (Å²) in [6.07, 6.45) is 13.2. The zero-order valence-electron chi connectivity index (χ0n) is 34.8. The number of nitrogens with zero attached hydrogens (tertiary/aromatic N) is 7. The molecule has 0 radical (unpaired) electrons. The van der Waals surface area contributed by atoms with Gasteiger partial charge in [0.05, 0.1) is 5.69 Å². The molecule has 0 N–H and O–H groups in total. The van der Waals surface area contributed by atoms with Crippen LogP contribution in [0, 0.1) is 0 Å². The average Bonchev–Trinajstić information content (AvgIpc) is 3.61. The van der Waals surface area contributed by atoms with Crippen LogP contribution in [0.2, 0.25) is 0 Å². The molecule has 0 spiro atoms. The molecule has 0 atom stereocenters. The second-order valence-corrected chi connectivity index (χ2v) is 15.9. The second kappa shape index (κ2) is 21.0. The smallest absolute Gasteiger partial charge is 0.162 e. The lowest BCUT2D eigenvalue weighted by molar-refractivity contribution is 0.171. The first-order valence-electron chi connectivity index (χ1n) is 20.8. The molecule has 7 heteroatoms. The van der Waals surface area contributed by atoms with Crippen molar-refractivity contribution < 1.29 is 0 Å². The van der Waals surface area contributed by atoms with Crippen LogP contribution in [0.5, 0.6) is 0 Å². The average molecular weight is 740 g/mol. The lowest BCUT2D eigenvalue weighted by Crippen LogP contribution is -2.37. The van der Waals surface area contributed by atoms with Crippen LogP contribution in [0.15, 0.2) is 101 Å². The fourth-order valence-electron chi connectivity index (χ4n) is 7.52. The number of hydrogen-bond acceptors (Lipinski definition) is 6. The first kappa shape index (κ1) is 41.7. The van der Waals surface area contributed by atoms with E-state index in [1.807, 2.05) is 18.5 Å². The lowest BCUT2D eigenvalue weighted by atomic mass is 10.1. The van der Waals surface area contributed by atoms with E-state index in [9.17, 15) is 0 Å². The number of rotatable bonds is 21. The summed E-state index contributed by atoms with van der Waals surface area (Å²) in [5.41, 5.74) is 7.10. The molecule has 5 aromatic rings. The summed E-state index contributed by atoms with van der Waals surface area (Å²) in [4.78, 5) is 25.0. The molecular formula is C48H65N7. The van der Waals surface area contributed by atoms with E-state index in [2.05, 4.69) is 155 Å². The Morgan fingerprint density at radius 3 is 1.53 bits per heavy atom. The molecule has 292 valence electrons. The minimum Gasteiger partial charge on any atom is -0.301 e. The predicted octanol–water partition coefficient (Wildman–Crippen LogP) is 11.2. The van der Waals surface area contributed by atoms with Gasteiger partial charge >= 0.3 is 0 Å². The van der Waals surface area contributed by atoms with Crippen LogP contribution in [0.4, 0.5) is 0 Å². The minimum atomic E-state index is 0.590. The minimum absolute atomic E-state index is 0.590. The van der Waals surface area contributed by atoms with E-state index in [1.165, 1.54) is 25.7 Å². The van der Waals surface area contributed by atoms with Crippen LogP contribution in [0.3, 0.4) is 0 Å². The molecule has 0 saturated carbocycles. The number of para-hydroxylation sites is 1. The molecule has 0 fully saturated rings. The molecular weight excluding hydrogens is 675 g/mol. The summed E-state index contributed by atoms with van der Waals surface area (Å²) >= 11 is 0. The van der Waals surface area contributed by atoms with Crippen molar-refractivity contribution in [2.75, 3.05) is 26.2 Å². The monoisotopic (exact) mass is 740 g/mol. The van der Waals surface area contributed by atoms with Gasteiger partial charge in [-0.3, -0.25) is 19.8 Å². The maximum absolute atomic E-state index is 5.18. The quantitative estimate of drug-likeness (QED) is 0.0555. The largest absolute Gasteiger partial charge is 0.301 e. The van der Waals surface area contributed by atoms with Gasteiger partial charge in [-0.05, 0) is 123 Å². The van der Waals surface area contributed by atoms with E-state index in [0.717, 1.165) is 83.7 Å². The van der Waals surface area contributed by atoms with Gasteiger partial charge in [0.2, 0.25) is 0 Å². The lowest BCUT2D eigenvalue weighted by Gasteiger charge is -2.30. The van der Waals surface area contributed by atoms with E-state index in [0.29, 0.717) is 30.0 Å². The Morgan fingerprint density at radius 2 is 1.04 bits per heavy atom. The molecule has 2 aromatic heterocycles. The fourth-order valence-corrected chi connectivity index (χ4v) is 7.52. The Morgan fingerprint density at radius 1 is 0.545 bits per heavy atom. The Balaban J connectivity index is 1.26. The molecule has 2 heterocycles. The molecule has 3 aromatic carbocycles. The molecule has 0 aliphatic rings. The van der Waals surface area contributed by atoms with Gasteiger partial charge in [-0.1, -0.05) is 79.6 Å². The Labute approximate surface area is 331 Å². The van der Waals surface area contributed by atoms with Crippen LogP contribution in [0.25, 0.3) is 39.4 Å². The molecule has 7 nitrogen and oxygen atoms in total. The summed E-state index contributed by atoms with van der Waals surface area (Å²) < 4.78 is 2.15. The van der Waals surface area contributed by atoms with E-state index < -0.39 is 0 Å². The number of unbranched alkanes of at least 4 members (excludes halogenated alkanes) is 4. The molecule has 0 amide bonds. The third-order valence-corrected chi connectivity index (χ3v) is 10.5. The van der Waals surface area contributed by atoms with Crippen molar-refractivity contribution in [2.45, 2.75) is 118 Å². The highest BCUT2D eigenvalue weighted by molar-refractivity contribution is 5.94. The zero-order valence-corrected chi connectivity index (χ0v) is 34.8. The first-order chi connectivity index (χ1) is 26.6. The van der Waals surface area contributed by atoms with E-state index >= 15 is 0 Å². The standard InChI is InChI=1S/C48H65N7/c1-36(2)53(37(3)4)31-16-10-14-29-49-34-40-20-24-42(25-21-40)46-45-28-33-55(44-18-12-9-13-19-44)48(45)52-47(51-46)43-26-22-41(23-27-43)35-50-30-15-11-17-32-54(38(5)6)39(7)8/h9,12-13,18-28,33-39H,10-11,14-17,29-32H2,1-8H3. The molecule has 0 saturated heterocycles. The van der Waals surface area contributed by atoms with Crippen molar-refractivity contribution in [3.8, 4) is 28.3 Å². The van der Waals surface area contributed by atoms with E-state index in [1.54, 1.807) is 0 Å². The molecule has 5 rings (SSSR count). The summed E-state index contributed by atoms with van der Waals surface area (Å²) in [6.45, 7) is 22.3. The van der Waals surface area contributed by atoms with Gasteiger partial charge in [-0.25, -0.2) is 9.97 Å². The van der Waals surface area contributed by atoms with Crippen molar-refractivity contribution in [1.29, 1.82) is 0 Å². The van der Waals surface area contributed by atoms with Gasteiger partial charge in [-0.2, -0.15) is 0 Å². The third kappa shape index (κ3) is 12.0. The highest BCUT2D eigenvalue weighted by Crippen LogP contribution is 2.31.